The first-order valence-electron chi connectivity index (χ1n) is 7.86. The van der Waals surface area contributed by atoms with E-state index in [1.165, 1.54) is 0 Å². The van der Waals surface area contributed by atoms with Gasteiger partial charge in [-0.2, -0.15) is 0 Å². The average molecular weight is 340 g/mol. The zero-order chi connectivity index (χ0) is 17.2. The van der Waals surface area contributed by atoms with Gasteiger partial charge in [-0.25, -0.2) is 13.4 Å². The maximum Gasteiger partial charge on any atom is 0.226 e. The summed E-state index contributed by atoms with van der Waals surface area (Å²) in [6.07, 6.45) is 0.610. The molecule has 0 saturated heterocycles. The van der Waals surface area contributed by atoms with E-state index in [4.69, 9.17) is 0 Å². The highest BCUT2D eigenvalue weighted by atomic mass is 32.2. The fraction of sp³-hybridized carbons (Fsp3) is 0.211. The summed E-state index contributed by atoms with van der Waals surface area (Å²) in [6.45, 7) is 3.55. The van der Waals surface area contributed by atoms with Crippen LogP contribution in [0.15, 0.2) is 65.8 Å². The molecule has 0 unspecified atom stereocenters. The molecular weight excluding hydrogens is 320 g/mol. The normalized spacial score (nSPS) is 12.9. The standard InChI is InChI=1S/C19H20N2O2S/c1-14-18(13-16-9-5-3-6-10-16)21-19(20-14)24(22,23)15(2)17-11-7-4-8-12-17/h3-12,15H,13H2,1-2H3,(H,20,21)/t15-/m0/s1. The van der Waals surface area contributed by atoms with Gasteiger partial charge in [0.2, 0.25) is 15.0 Å². The Bertz CT molecular complexity index is 917. The Morgan fingerprint density at radius 2 is 1.58 bits per heavy atom. The molecule has 0 radical (unpaired) electrons. The van der Waals surface area contributed by atoms with Gasteiger partial charge in [-0.1, -0.05) is 60.7 Å². The second kappa shape index (κ2) is 6.61. The van der Waals surface area contributed by atoms with E-state index in [2.05, 4.69) is 9.97 Å². The van der Waals surface area contributed by atoms with Crippen LogP contribution in [-0.4, -0.2) is 18.4 Å². The third-order valence-electron chi connectivity index (χ3n) is 4.18. The Balaban J connectivity index is 1.91. The minimum atomic E-state index is -3.55. The van der Waals surface area contributed by atoms with Crippen LogP contribution in [0.1, 0.15) is 34.7 Å². The van der Waals surface area contributed by atoms with Crippen molar-refractivity contribution in [2.75, 3.05) is 0 Å². The quantitative estimate of drug-likeness (QED) is 0.767. The lowest BCUT2D eigenvalue weighted by Crippen LogP contribution is -2.12. The Hall–Kier alpha value is -2.40. The predicted octanol–water partition coefficient (Wildman–Crippen LogP) is 3.84. The van der Waals surface area contributed by atoms with E-state index in [9.17, 15) is 8.42 Å². The van der Waals surface area contributed by atoms with Gasteiger partial charge in [0.25, 0.3) is 0 Å². The van der Waals surface area contributed by atoms with E-state index in [0.29, 0.717) is 6.42 Å². The summed E-state index contributed by atoms with van der Waals surface area (Å²) in [6, 6.07) is 19.1. The van der Waals surface area contributed by atoms with E-state index < -0.39 is 15.1 Å². The zero-order valence-corrected chi connectivity index (χ0v) is 14.5. The Morgan fingerprint density at radius 3 is 2.21 bits per heavy atom. The van der Waals surface area contributed by atoms with Crippen molar-refractivity contribution in [3.8, 4) is 0 Å². The van der Waals surface area contributed by atoms with Crippen LogP contribution in [0.3, 0.4) is 0 Å². The van der Waals surface area contributed by atoms with Crippen molar-refractivity contribution >= 4 is 9.84 Å². The molecule has 4 nitrogen and oxygen atoms in total. The maximum atomic E-state index is 12.9. The summed E-state index contributed by atoms with van der Waals surface area (Å²) < 4.78 is 25.7. The van der Waals surface area contributed by atoms with Crippen molar-refractivity contribution in [3.05, 3.63) is 83.2 Å². The van der Waals surface area contributed by atoms with Crippen molar-refractivity contribution in [1.82, 2.24) is 9.97 Å². The van der Waals surface area contributed by atoms with Crippen molar-refractivity contribution < 1.29 is 8.42 Å². The number of nitrogens with one attached hydrogen (secondary N) is 1. The predicted molar refractivity (Wildman–Crippen MR) is 94.6 cm³/mol. The van der Waals surface area contributed by atoms with Gasteiger partial charge >= 0.3 is 0 Å². The maximum absolute atomic E-state index is 12.9. The molecule has 0 amide bonds. The minimum absolute atomic E-state index is 0.0438. The van der Waals surface area contributed by atoms with Crippen LogP contribution in [0.4, 0.5) is 0 Å². The van der Waals surface area contributed by atoms with Crippen molar-refractivity contribution in [1.29, 1.82) is 0 Å². The monoisotopic (exact) mass is 340 g/mol. The molecule has 1 N–H and O–H groups in total. The first kappa shape index (κ1) is 16.5. The molecule has 1 atom stereocenters. The largest absolute Gasteiger partial charge is 0.333 e. The summed E-state index contributed by atoms with van der Waals surface area (Å²) in [5.41, 5.74) is 3.42. The summed E-state index contributed by atoms with van der Waals surface area (Å²) in [5.74, 6) is 0. The Morgan fingerprint density at radius 1 is 1.00 bits per heavy atom. The number of imidazole rings is 1. The van der Waals surface area contributed by atoms with Gasteiger partial charge < -0.3 is 4.98 Å². The van der Waals surface area contributed by atoms with E-state index in [0.717, 1.165) is 22.5 Å². The van der Waals surface area contributed by atoms with Gasteiger partial charge in [-0.15, -0.1) is 0 Å². The van der Waals surface area contributed by atoms with Gasteiger partial charge in [0, 0.05) is 12.1 Å². The molecule has 3 aromatic rings. The summed E-state index contributed by atoms with van der Waals surface area (Å²) in [4.78, 5) is 7.34. The van der Waals surface area contributed by atoms with Gasteiger partial charge in [0.15, 0.2) is 0 Å². The van der Waals surface area contributed by atoms with Crippen LogP contribution < -0.4 is 0 Å². The number of hydrogen-bond donors (Lipinski definition) is 1. The first-order valence-corrected chi connectivity index (χ1v) is 9.41. The molecular formula is C19H20N2O2S. The van der Waals surface area contributed by atoms with Crippen LogP contribution in [0, 0.1) is 6.92 Å². The van der Waals surface area contributed by atoms with E-state index in [-0.39, 0.29) is 5.16 Å². The fourth-order valence-electron chi connectivity index (χ4n) is 2.63. The van der Waals surface area contributed by atoms with Crippen LogP contribution in [0.2, 0.25) is 0 Å². The van der Waals surface area contributed by atoms with Gasteiger partial charge in [0.1, 0.15) is 0 Å². The zero-order valence-electron chi connectivity index (χ0n) is 13.7. The smallest absolute Gasteiger partial charge is 0.226 e. The molecule has 0 aliphatic carbocycles. The summed E-state index contributed by atoms with van der Waals surface area (Å²) >= 11 is 0. The number of rotatable bonds is 5. The van der Waals surface area contributed by atoms with Gasteiger partial charge in [-0.3, -0.25) is 0 Å². The van der Waals surface area contributed by atoms with E-state index in [1.54, 1.807) is 6.92 Å². The van der Waals surface area contributed by atoms with E-state index in [1.807, 2.05) is 67.6 Å². The molecule has 5 heteroatoms. The Labute approximate surface area is 142 Å². The molecule has 0 fully saturated rings. The van der Waals surface area contributed by atoms with Gasteiger partial charge in [0.05, 0.1) is 10.9 Å². The molecule has 0 saturated carbocycles. The molecule has 0 aliphatic heterocycles. The molecule has 0 bridgehead atoms. The van der Waals surface area contributed by atoms with Crippen LogP contribution in [-0.2, 0) is 16.3 Å². The molecule has 1 heterocycles. The van der Waals surface area contributed by atoms with E-state index >= 15 is 0 Å². The van der Waals surface area contributed by atoms with Gasteiger partial charge in [-0.05, 0) is 25.0 Å². The number of aryl methyl sites for hydroxylation is 1. The highest BCUT2D eigenvalue weighted by Crippen LogP contribution is 2.27. The number of nitrogens with zero attached hydrogens (tertiary/aromatic N) is 1. The lowest BCUT2D eigenvalue weighted by Gasteiger charge is -2.11. The number of benzene rings is 2. The summed E-state index contributed by atoms with van der Waals surface area (Å²) in [7, 11) is -3.55. The number of H-pyrrole nitrogens is 1. The van der Waals surface area contributed by atoms with Crippen LogP contribution in [0.5, 0.6) is 0 Å². The second-order valence-corrected chi connectivity index (χ2v) is 8.06. The fourth-order valence-corrected chi connectivity index (χ4v) is 4.02. The van der Waals surface area contributed by atoms with Crippen molar-refractivity contribution in [2.24, 2.45) is 0 Å². The second-order valence-electron chi connectivity index (χ2n) is 5.87. The highest BCUT2D eigenvalue weighted by Gasteiger charge is 2.28. The third-order valence-corrected chi connectivity index (χ3v) is 6.12. The molecule has 0 aliphatic rings. The molecule has 2 aromatic carbocycles. The molecule has 24 heavy (non-hydrogen) atoms. The van der Waals surface area contributed by atoms with Crippen molar-refractivity contribution in [3.63, 3.8) is 0 Å². The molecule has 3 rings (SSSR count). The third kappa shape index (κ3) is 3.26. The summed E-state index contributed by atoms with van der Waals surface area (Å²) in [5, 5.41) is -0.601. The minimum Gasteiger partial charge on any atom is -0.333 e. The highest BCUT2D eigenvalue weighted by molar-refractivity contribution is 7.91. The number of aromatic nitrogens is 2. The molecule has 124 valence electrons. The first-order chi connectivity index (χ1) is 11.5. The van der Waals surface area contributed by atoms with Crippen LogP contribution >= 0.6 is 0 Å². The topological polar surface area (TPSA) is 62.8 Å². The van der Waals surface area contributed by atoms with Crippen molar-refractivity contribution in [2.45, 2.75) is 30.7 Å². The number of aromatic amines is 1. The average Bonchev–Trinajstić information content (AvgIpc) is 2.97. The lowest BCUT2D eigenvalue weighted by molar-refractivity contribution is 0.578. The Kier molecular flexibility index (Phi) is 4.53. The molecule has 1 aromatic heterocycles. The molecule has 0 spiro atoms. The number of hydrogen-bond acceptors (Lipinski definition) is 3. The number of sulfone groups is 1. The SMILES string of the molecule is Cc1[nH]c(S(=O)(=O)[C@@H](C)c2ccccc2)nc1Cc1ccccc1. The van der Waals surface area contributed by atoms with Crippen LogP contribution in [0.25, 0.3) is 0 Å². The lowest BCUT2D eigenvalue weighted by atomic mass is 10.1.